The van der Waals surface area contributed by atoms with Crippen LogP contribution >= 0.6 is 0 Å². The zero-order valence-corrected chi connectivity index (χ0v) is 22.6. The van der Waals surface area contributed by atoms with Crippen LogP contribution in [-0.2, 0) is 23.9 Å². The molecule has 0 bridgehead atoms. The van der Waals surface area contributed by atoms with Gasteiger partial charge in [-0.1, -0.05) is 11.6 Å². The first-order valence-corrected chi connectivity index (χ1v) is 13.7. The maximum absolute atomic E-state index is 13.3. The van der Waals surface area contributed by atoms with Gasteiger partial charge in [-0.05, 0) is 95.3 Å². The molecule has 4 aliphatic carbocycles. The molecule has 7 nitrogen and oxygen atoms in total. The van der Waals surface area contributed by atoms with E-state index in [1.54, 1.807) is 19.9 Å². The van der Waals surface area contributed by atoms with Crippen molar-refractivity contribution in [2.75, 3.05) is 6.61 Å². The monoisotopic (exact) mass is 512 g/mol. The van der Waals surface area contributed by atoms with Crippen molar-refractivity contribution in [1.82, 2.24) is 0 Å². The number of fused-ring (bicyclic) bond motifs is 5. The summed E-state index contributed by atoms with van der Waals surface area (Å²) in [7, 11) is 0. The largest absolute Gasteiger partial charge is 0.465 e. The molecule has 0 spiro atoms. The number of cyclic esters (lactones) is 1. The lowest BCUT2D eigenvalue weighted by Gasteiger charge is -2.58. The van der Waals surface area contributed by atoms with E-state index in [1.807, 2.05) is 13.8 Å². The highest BCUT2D eigenvalue weighted by molar-refractivity contribution is 5.99. The topological polar surface area (TPSA) is 110 Å². The van der Waals surface area contributed by atoms with Crippen molar-refractivity contribution in [3.05, 3.63) is 34.9 Å². The van der Waals surface area contributed by atoms with Crippen molar-refractivity contribution in [1.29, 1.82) is 0 Å². The van der Waals surface area contributed by atoms with Gasteiger partial charge in [0.25, 0.3) is 0 Å². The first-order valence-electron chi connectivity index (χ1n) is 13.7. The molecule has 2 saturated carbocycles. The van der Waals surface area contributed by atoms with Crippen molar-refractivity contribution in [2.24, 2.45) is 34.5 Å². The molecule has 202 valence electrons. The summed E-state index contributed by atoms with van der Waals surface area (Å²) in [6, 6.07) is 0. The number of hydrogen-bond donors (Lipinski definition) is 2. The van der Waals surface area contributed by atoms with E-state index in [1.165, 1.54) is 13.0 Å². The van der Waals surface area contributed by atoms with E-state index < -0.39 is 28.6 Å². The molecule has 9 atom stereocenters. The van der Waals surface area contributed by atoms with Crippen LogP contribution in [0.15, 0.2) is 34.9 Å². The number of ether oxygens (including phenoxy) is 2. The van der Waals surface area contributed by atoms with E-state index in [4.69, 9.17) is 9.47 Å². The van der Waals surface area contributed by atoms with E-state index in [-0.39, 0.29) is 48.0 Å². The molecule has 0 aromatic rings. The van der Waals surface area contributed by atoms with Gasteiger partial charge < -0.3 is 19.7 Å². The summed E-state index contributed by atoms with van der Waals surface area (Å²) in [6.07, 6.45) is 7.96. The predicted octanol–water partition coefficient (Wildman–Crippen LogP) is 3.83. The minimum absolute atomic E-state index is 0.0412. The molecule has 5 rings (SSSR count). The number of allylic oxidation sites excluding steroid dienone is 2. The molecule has 0 aromatic carbocycles. The predicted molar refractivity (Wildman–Crippen MR) is 136 cm³/mol. The molecule has 5 aliphatic rings. The molecule has 1 aliphatic heterocycles. The number of carbonyl (C=O) groups excluding carboxylic acids is 3. The Morgan fingerprint density at radius 1 is 1.22 bits per heavy atom. The quantitative estimate of drug-likeness (QED) is 0.435. The van der Waals surface area contributed by atoms with Crippen molar-refractivity contribution in [3.63, 3.8) is 0 Å². The maximum Gasteiger partial charge on any atom is 0.334 e. The van der Waals surface area contributed by atoms with Gasteiger partial charge in [-0.25, -0.2) is 4.79 Å². The van der Waals surface area contributed by atoms with E-state index in [0.29, 0.717) is 18.4 Å². The average Bonchev–Trinajstić information content (AvgIpc) is 3.24. The molecular formula is C30H40O7. The summed E-state index contributed by atoms with van der Waals surface area (Å²) in [4.78, 5) is 37.8. The van der Waals surface area contributed by atoms with Crippen LogP contribution in [0.2, 0.25) is 0 Å². The maximum atomic E-state index is 13.3. The normalized spacial score (nSPS) is 42.7. The van der Waals surface area contributed by atoms with Crippen molar-refractivity contribution in [3.8, 4) is 0 Å². The fourth-order valence-electron chi connectivity index (χ4n) is 8.85. The van der Waals surface area contributed by atoms with Crippen LogP contribution in [0, 0.1) is 34.5 Å². The third-order valence-corrected chi connectivity index (χ3v) is 11.0. The first-order chi connectivity index (χ1) is 17.3. The molecule has 2 fully saturated rings. The summed E-state index contributed by atoms with van der Waals surface area (Å²) < 4.78 is 11.5. The second-order valence-corrected chi connectivity index (χ2v) is 12.6. The van der Waals surface area contributed by atoms with Crippen LogP contribution in [0.5, 0.6) is 0 Å². The second kappa shape index (κ2) is 8.91. The third-order valence-electron chi connectivity index (χ3n) is 11.0. The molecule has 1 heterocycles. The van der Waals surface area contributed by atoms with Crippen molar-refractivity contribution < 1.29 is 34.1 Å². The highest BCUT2D eigenvalue weighted by atomic mass is 16.6. The SMILES string of the molecule is CC(=O)OC[C@]12CC[C@H]3[C@@H](CC=C4[C@@H](O)C=CC(=O)[C@@]43C)[C@@H]1CC[C@@H]2[C@@](C)(O)[C@H]1CC(C)=C(C)C(=O)O1. The molecule has 2 N–H and O–H groups in total. The summed E-state index contributed by atoms with van der Waals surface area (Å²) in [5.74, 6) is -0.572. The number of carbonyl (C=O) groups is 3. The number of esters is 2. The Labute approximate surface area is 219 Å². The van der Waals surface area contributed by atoms with Gasteiger partial charge in [-0.3, -0.25) is 9.59 Å². The lowest BCUT2D eigenvalue weighted by molar-refractivity contribution is -0.192. The van der Waals surface area contributed by atoms with Gasteiger partial charge in [-0.2, -0.15) is 0 Å². The van der Waals surface area contributed by atoms with Crippen molar-refractivity contribution >= 4 is 17.7 Å². The van der Waals surface area contributed by atoms with Crippen LogP contribution in [0.4, 0.5) is 0 Å². The Morgan fingerprint density at radius 2 is 1.95 bits per heavy atom. The molecule has 0 amide bonds. The minimum atomic E-state index is -1.31. The summed E-state index contributed by atoms with van der Waals surface area (Å²) in [5.41, 5.74) is -0.211. The minimum Gasteiger partial charge on any atom is -0.465 e. The Balaban J connectivity index is 1.52. The summed E-state index contributed by atoms with van der Waals surface area (Å²) in [6.45, 7) is 9.03. The number of aliphatic hydroxyl groups excluding tert-OH is 1. The molecule has 0 radical (unpaired) electrons. The fourth-order valence-corrected chi connectivity index (χ4v) is 8.85. The van der Waals surface area contributed by atoms with Crippen LogP contribution in [0.3, 0.4) is 0 Å². The highest BCUT2D eigenvalue weighted by Gasteiger charge is 2.66. The summed E-state index contributed by atoms with van der Waals surface area (Å²) >= 11 is 0. The first kappa shape index (κ1) is 26.4. The molecular weight excluding hydrogens is 472 g/mol. The lowest BCUT2D eigenvalue weighted by atomic mass is 9.46. The van der Waals surface area contributed by atoms with Gasteiger partial charge in [0.15, 0.2) is 5.78 Å². The smallest absolute Gasteiger partial charge is 0.334 e. The standard InChI is InChI=1S/C30H40O7/c1-16-14-26(37-27(34)17(16)2)29(5,35)24-10-8-21-19-6-7-22-23(32)9-11-25(33)28(22,4)20(19)12-13-30(21,24)15-36-18(3)31/h7,9,11,19-21,23-24,26,32,35H,6,8,10,12-15H2,1-5H3/t19-,20+,21+,23+,24-,26-,28-,29-,30-/m1/s1. The molecule has 0 unspecified atom stereocenters. The zero-order valence-electron chi connectivity index (χ0n) is 22.6. The fraction of sp³-hybridized carbons (Fsp3) is 0.700. The summed E-state index contributed by atoms with van der Waals surface area (Å²) in [5, 5.41) is 22.8. The van der Waals surface area contributed by atoms with E-state index in [0.717, 1.165) is 36.8 Å². The van der Waals surface area contributed by atoms with Gasteiger partial charge in [-0.15, -0.1) is 0 Å². The van der Waals surface area contributed by atoms with E-state index in [2.05, 4.69) is 6.08 Å². The van der Waals surface area contributed by atoms with Gasteiger partial charge in [0, 0.05) is 30.3 Å². The Bertz CT molecular complexity index is 1110. The lowest BCUT2D eigenvalue weighted by Crippen LogP contribution is -2.60. The van der Waals surface area contributed by atoms with Crippen molar-refractivity contribution in [2.45, 2.75) is 91.0 Å². The van der Waals surface area contributed by atoms with Crippen LogP contribution in [0.25, 0.3) is 0 Å². The molecule has 37 heavy (non-hydrogen) atoms. The number of ketones is 1. The molecule has 7 heteroatoms. The Kier molecular flexibility index (Phi) is 6.35. The molecule has 0 saturated heterocycles. The number of hydrogen-bond acceptors (Lipinski definition) is 7. The molecule has 0 aromatic heterocycles. The average molecular weight is 513 g/mol. The second-order valence-electron chi connectivity index (χ2n) is 12.6. The van der Waals surface area contributed by atoms with Gasteiger partial charge >= 0.3 is 11.9 Å². The number of aliphatic hydroxyl groups is 2. The Hall–Kier alpha value is -2.25. The zero-order chi connectivity index (χ0) is 26.9. The van der Waals surface area contributed by atoms with Gasteiger partial charge in [0.2, 0.25) is 0 Å². The third kappa shape index (κ3) is 3.79. The van der Waals surface area contributed by atoms with E-state index in [9.17, 15) is 24.6 Å². The van der Waals surface area contributed by atoms with Crippen LogP contribution in [-0.4, -0.2) is 52.4 Å². The van der Waals surface area contributed by atoms with Crippen LogP contribution < -0.4 is 0 Å². The number of rotatable bonds is 4. The van der Waals surface area contributed by atoms with Crippen LogP contribution in [0.1, 0.15) is 73.1 Å². The van der Waals surface area contributed by atoms with Gasteiger partial charge in [0.05, 0.1) is 18.1 Å². The Morgan fingerprint density at radius 3 is 2.62 bits per heavy atom. The van der Waals surface area contributed by atoms with Gasteiger partial charge in [0.1, 0.15) is 11.7 Å². The highest BCUT2D eigenvalue weighted by Crippen LogP contribution is 2.67. The van der Waals surface area contributed by atoms with E-state index >= 15 is 0 Å².